The Morgan fingerprint density at radius 3 is 2.73 bits per heavy atom. The van der Waals surface area contributed by atoms with Crippen LogP contribution in [0.2, 0.25) is 5.02 Å². The highest BCUT2D eigenvalue weighted by atomic mass is 35.5. The molecule has 0 spiro atoms. The van der Waals surface area contributed by atoms with Crippen LogP contribution in [0.15, 0.2) is 29.2 Å². The SMILES string of the molecule is COCCC(C(=O)O)c1c(-c2cc(Cl)ccc2C#N)c(OC)c[nH]c1=O. The van der Waals surface area contributed by atoms with Gasteiger partial charge in [-0.15, -0.1) is 0 Å². The fourth-order valence-corrected chi connectivity index (χ4v) is 2.92. The van der Waals surface area contributed by atoms with Gasteiger partial charge in [0.25, 0.3) is 5.56 Å². The van der Waals surface area contributed by atoms with E-state index in [4.69, 9.17) is 21.1 Å². The molecule has 0 amide bonds. The lowest BCUT2D eigenvalue weighted by molar-refractivity contribution is -0.139. The molecule has 0 saturated carbocycles. The van der Waals surface area contributed by atoms with Crippen LogP contribution in [0.5, 0.6) is 5.75 Å². The fourth-order valence-electron chi connectivity index (χ4n) is 2.75. The van der Waals surface area contributed by atoms with Crippen LogP contribution in [0.1, 0.15) is 23.5 Å². The molecule has 0 aliphatic carbocycles. The van der Waals surface area contributed by atoms with Crippen molar-refractivity contribution in [3.63, 3.8) is 0 Å². The summed E-state index contributed by atoms with van der Waals surface area (Å²) in [6, 6.07) is 6.59. The summed E-state index contributed by atoms with van der Waals surface area (Å²) in [5, 5.41) is 19.4. The highest BCUT2D eigenvalue weighted by Gasteiger charge is 2.29. The number of methoxy groups -OCH3 is 2. The number of benzene rings is 1. The summed E-state index contributed by atoms with van der Waals surface area (Å²) in [6.45, 7) is 0.147. The van der Waals surface area contributed by atoms with Crippen molar-refractivity contribution in [2.75, 3.05) is 20.8 Å². The van der Waals surface area contributed by atoms with Gasteiger partial charge in [-0.2, -0.15) is 5.26 Å². The number of rotatable bonds is 7. The Morgan fingerprint density at radius 1 is 1.42 bits per heavy atom. The summed E-state index contributed by atoms with van der Waals surface area (Å²) < 4.78 is 10.3. The van der Waals surface area contributed by atoms with Crippen molar-refractivity contribution < 1.29 is 19.4 Å². The molecule has 8 heteroatoms. The Bertz CT molecular complexity index is 917. The van der Waals surface area contributed by atoms with Crippen LogP contribution >= 0.6 is 11.6 Å². The number of carboxylic acids is 1. The molecule has 26 heavy (non-hydrogen) atoms. The van der Waals surface area contributed by atoms with Gasteiger partial charge in [0.05, 0.1) is 24.7 Å². The molecule has 7 nitrogen and oxygen atoms in total. The van der Waals surface area contributed by atoms with Crippen molar-refractivity contribution in [2.45, 2.75) is 12.3 Å². The van der Waals surface area contributed by atoms with Gasteiger partial charge < -0.3 is 19.6 Å². The summed E-state index contributed by atoms with van der Waals surface area (Å²) in [5.41, 5.74) is 0.233. The Balaban J connectivity index is 2.86. The number of carbonyl (C=O) groups is 1. The number of aromatic amines is 1. The Labute approximate surface area is 154 Å². The Hall–Kier alpha value is -2.82. The van der Waals surface area contributed by atoms with Gasteiger partial charge >= 0.3 is 5.97 Å². The molecule has 0 aliphatic rings. The molecule has 1 aromatic heterocycles. The zero-order valence-corrected chi connectivity index (χ0v) is 15.0. The fraction of sp³-hybridized carbons (Fsp3) is 0.278. The van der Waals surface area contributed by atoms with Crippen LogP contribution in [0, 0.1) is 11.3 Å². The third-order valence-corrected chi connectivity index (χ3v) is 4.18. The van der Waals surface area contributed by atoms with E-state index in [1.807, 2.05) is 6.07 Å². The van der Waals surface area contributed by atoms with Crippen LogP contribution in [0.25, 0.3) is 11.1 Å². The molecule has 0 aliphatic heterocycles. The summed E-state index contributed by atoms with van der Waals surface area (Å²) >= 11 is 6.06. The van der Waals surface area contributed by atoms with E-state index in [-0.39, 0.29) is 35.5 Å². The van der Waals surface area contributed by atoms with Crippen molar-refractivity contribution in [1.82, 2.24) is 4.98 Å². The molecular weight excluding hydrogens is 360 g/mol. The van der Waals surface area contributed by atoms with E-state index in [1.54, 1.807) is 6.07 Å². The molecule has 1 unspecified atom stereocenters. The topological polar surface area (TPSA) is 112 Å². The van der Waals surface area contributed by atoms with Crippen LogP contribution in [-0.2, 0) is 9.53 Å². The zero-order chi connectivity index (χ0) is 19.3. The Morgan fingerprint density at radius 2 is 2.15 bits per heavy atom. The summed E-state index contributed by atoms with van der Waals surface area (Å²) in [6.07, 6.45) is 1.41. The first-order chi connectivity index (χ1) is 12.4. The third-order valence-electron chi connectivity index (χ3n) is 3.94. The molecule has 0 radical (unpaired) electrons. The minimum atomic E-state index is -1.18. The van der Waals surface area contributed by atoms with Crippen molar-refractivity contribution in [1.29, 1.82) is 5.26 Å². The second kappa shape index (κ2) is 8.52. The maximum atomic E-state index is 12.5. The largest absolute Gasteiger partial charge is 0.495 e. The van der Waals surface area contributed by atoms with Gasteiger partial charge in [-0.25, -0.2) is 0 Å². The number of hydrogen-bond donors (Lipinski definition) is 2. The summed E-state index contributed by atoms with van der Waals surface area (Å²) in [5.74, 6) is -2.08. The molecule has 0 saturated heterocycles. The van der Waals surface area contributed by atoms with E-state index in [2.05, 4.69) is 4.98 Å². The smallest absolute Gasteiger partial charge is 0.311 e. The number of pyridine rings is 1. The van der Waals surface area contributed by atoms with E-state index in [0.29, 0.717) is 10.6 Å². The highest BCUT2D eigenvalue weighted by Crippen LogP contribution is 2.38. The van der Waals surface area contributed by atoms with Gasteiger partial charge in [0, 0.05) is 41.6 Å². The van der Waals surface area contributed by atoms with Gasteiger partial charge in [0.15, 0.2) is 0 Å². The van der Waals surface area contributed by atoms with E-state index < -0.39 is 17.4 Å². The quantitative estimate of drug-likeness (QED) is 0.768. The number of hydrogen-bond acceptors (Lipinski definition) is 5. The number of H-pyrrole nitrogens is 1. The molecule has 1 atom stereocenters. The number of carboxylic acid groups (broad SMARTS) is 1. The molecule has 1 heterocycles. The van der Waals surface area contributed by atoms with Crippen molar-refractivity contribution in [3.05, 3.63) is 50.9 Å². The van der Waals surface area contributed by atoms with E-state index in [9.17, 15) is 20.0 Å². The van der Waals surface area contributed by atoms with Crippen LogP contribution in [0.4, 0.5) is 0 Å². The van der Waals surface area contributed by atoms with Gasteiger partial charge in [-0.3, -0.25) is 9.59 Å². The van der Waals surface area contributed by atoms with Gasteiger partial charge in [-0.1, -0.05) is 11.6 Å². The average Bonchev–Trinajstić information content (AvgIpc) is 2.62. The first-order valence-corrected chi connectivity index (χ1v) is 8.03. The first-order valence-electron chi connectivity index (χ1n) is 7.65. The van der Waals surface area contributed by atoms with Gasteiger partial charge in [0.2, 0.25) is 0 Å². The second-order valence-electron chi connectivity index (χ2n) is 5.45. The maximum absolute atomic E-state index is 12.5. The lowest BCUT2D eigenvalue weighted by Crippen LogP contribution is -2.24. The maximum Gasteiger partial charge on any atom is 0.311 e. The number of halogens is 1. The Kier molecular flexibility index (Phi) is 6.39. The molecule has 0 bridgehead atoms. The van der Waals surface area contributed by atoms with E-state index in [0.717, 1.165) is 0 Å². The predicted octanol–water partition coefficient (Wildman–Crippen LogP) is 2.78. The molecule has 1 aromatic carbocycles. The summed E-state index contributed by atoms with van der Waals surface area (Å²) in [7, 11) is 2.84. The van der Waals surface area contributed by atoms with E-state index >= 15 is 0 Å². The standard InChI is InChI=1S/C18H17ClN2O5/c1-25-6-5-12(18(23)24)16-15(14(26-2)9-21-17(16)22)13-7-11(19)4-3-10(13)8-20/h3-4,7,9,12H,5-6H2,1-2H3,(H,21,22)(H,23,24). The molecular formula is C18H17ClN2O5. The van der Waals surface area contributed by atoms with Crippen molar-refractivity contribution in [2.24, 2.45) is 0 Å². The van der Waals surface area contributed by atoms with Crippen LogP contribution < -0.4 is 10.3 Å². The monoisotopic (exact) mass is 376 g/mol. The van der Waals surface area contributed by atoms with Crippen molar-refractivity contribution >= 4 is 17.6 Å². The lowest BCUT2D eigenvalue weighted by Gasteiger charge is -2.19. The zero-order valence-electron chi connectivity index (χ0n) is 14.2. The molecule has 2 rings (SSSR count). The van der Waals surface area contributed by atoms with Gasteiger partial charge in [0.1, 0.15) is 5.75 Å². The van der Waals surface area contributed by atoms with Gasteiger partial charge in [-0.05, 0) is 24.6 Å². The van der Waals surface area contributed by atoms with E-state index in [1.165, 1.54) is 32.5 Å². The number of aliphatic carboxylic acids is 1. The molecule has 0 fully saturated rings. The number of aromatic nitrogens is 1. The lowest BCUT2D eigenvalue weighted by atomic mass is 9.87. The molecule has 2 aromatic rings. The van der Waals surface area contributed by atoms with Crippen molar-refractivity contribution in [3.8, 4) is 22.9 Å². The minimum Gasteiger partial charge on any atom is -0.495 e. The normalized spacial score (nSPS) is 11.6. The first kappa shape index (κ1) is 19.5. The second-order valence-corrected chi connectivity index (χ2v) is 5.89. The minimum absolute atomic E-state index is 0.00679. The number of nitrogens with zero attached hydrogens (tertiary/aromatic N) is 1. The number of nitrogens with one attached hydrogen (secondary N) is 1. The van der Waals surface area contributed by atoms with Crippen LogP contribution in [0.3, 0.4) is 0 Å². The third kappa shape index (κ3) is 3.87. The number of nitriles is 1. The summed E-state index contributed by atoms with van der Waals surface area (Å²) in [4.78, 5) is 26.9. The molecule has 2 N–H and O–H groups in total. The number of ether oxygens (including phenoxy) is 2. The average molecular weight is 377 g/mol. The molecule has 136 valence electrons. The van der Waals surface area contributed by atoms with Crippen LogP contribution in [-0.4, -0.2) is 36.9 Å². The predicted molar refractivity (Wildman–Crippen MR) is 95.6 cm³/mol. The highest BCUT2D eigenvalue weighted by molar-refractivity contribution is 6.31.